The summed E-state index contributed by atoms with van der Waals surface area (Å²) in [7, 11) is 1.42. The lowest BCUT2D eigenvalue weighted by Gasteiger charge is -2.05. The molecule has 3 rings (SSSR count). The molecule has 25 heavy (non-hydrogen) atoms. The lowest BCUT2D eigenvalue weighted by Crippen LogP contribution is -1.93. The molecule has 0 fully saturated rings. The van der Waals surface area contributed by atoms with Crippen molar-refractivity contribution in [1.29, 1.82) is 0 Å². The number of ether oxygens (including phenoxy) is 1. The van der Waals surface area contributed by atoms with Gasteiger partial charge in [-0.15, -0.1) is 9.32 Å². The third-order valence-electron chi connectivity index (χ3n) is 3.45. The van der Waals surface area contributed by atoms with Crippen molar-refractivity contribution in [2.45, 2.75) is 11.8 Å². The Morgan fingerprint density at radius 3 is 2.48 bits per heavy atom. The standard InChI is InChI=1S/C17H15FN2O4S/c1-10-20-16(11-3-6-13(7-4-11)25-24-23-19)17(22-10)12-5-8-15(21-2)14(18)9-12/h3-9H,19H2,1-2H3. The topological polar surface area (TPSA) is 79.7 Å². The second-order valence-corrected chi connectivity index (χ2v) is 5.81. The molecule has 0 bridgehead atoms. The first-order chi connectivity index (χ1) is 12.1. The number of methoxy groups -OCH3 is 1. The number of nitrogens with two attached hydrogens (primary N) is 1. The summed E-state index contributed by atoms with van der Waals surface area (Å²) in [5, 5.41) is 0. The summed E-state index contributed by atoms with van der Waals surface area (Å²) in [5.41, 5.74) is 2.02. The number of nitrogens with zero attached hydrogens (tertiary/aromatic N) is 1. The van der Waals surface area contributed by atoms with E-state index in [1.165, 1.54) is 13.2 Å². The fourth-order valence-electron chi connectivity index (χ4n) is 2.35. The van der Waals surface area contributed by atoms with Crippen molar-refractivity contribution in [1.82, 2.24) is 4.98 Å². The maximum atomic E-state index is 14.0. The van der Waals surface area contributed by atoms with Gasteiger partial charge in [0, 0.05) is 22.9 Å². The third kappa shape index (κ3) is 3.83. The van der Waals surface area contributed by atoms with E-state index in [0.717, 1.165) is 22.5 Å². The van der Waals surface area contributed by atoms with Crippen LogP contribution in [0.25, 0.3) is 22.6 Å². The maximum absolute atomic E-state index is 14.0. The van der Waals surface area contributed by atoms with Gasteiger partial charge >= 0.3 is 0 Å². The number of hydrogen-bond acceptors (Lipinski definition) is 7. The molecule has 1 aromatic heterocycles. The molecular formula is C17H15FN2O4S. The van der Waals surface area contributed by atoms with Crippen LogP contribution in [-0.2, 0) is 9.32 Å². The highest BCUT2D eigenvalue weighted by Crippen LogP contribution is 2.35. The second-order valence-electron chi connectivity index (χ2n) is 5.03. The van der Waals surface area contributed by atoms with E-state index in [9.17, 15) is 4.39 Å². The predicted octanol–water partition coefficient (Wildman–Crippen LogP) is 4.29. The molecule has 0 amide bonds. The molecule has 8 heteroatoms. The van der Waals surface area contributed by atoms with E-state index < -0.39 is 5.82 Å². The van der Waals surface area contributed by atoms with Crippen LogP contribution in [0.3, 0.4) is 0 Å². The van der Waals surface area contributed by atoms with Gasteiger partial charge in [0.25, 0.3) is 0 Å². The van der Waals surface area contributed by atoms with Gasteiger partial charge in [0.1, 0.15) is 5.69 Å². The van der Waals surface area contributed by atoms with Crippen LogP contribution in [-0.4, -0.2) is 12.1 Å². The average Bonchev–Trinajstić information content (AvgIpc) is 3.02. The van der Waals surface area contributed by atoms with Crippen molar-refractivity contribution >= 4 is 12.0 Å². The number of rotatable bonds is 6. The zero-order valence-electron chi connectivity index (χ0n) is 13.5. The summed E-state index contributed by atoms with van der Waals surface area (Å²) in [6.07, 6.45) is 0. The van der Waals surface area contributed by atoms with Gasteiger partial charge in [-0.2, -0.15) is 5.90 Å². The van der Waals surface area contributed by atoms with Gasteiger partial charge in [0.2, 0.25) is 0 Å². The molecule has 0 aliphatic heterocycles. The van der Waals surface area contributed by atoms with Crippen LogP contribution in [0.1, 0.15) is 5.89 Å². The molecule has 2 N–H and O–H groups in total. The largest absolute Gasteiger partial charge is 0.494 e. The number of halogens is 1. The van der Waals surface area contributed by atoms with Crippen molar-refractivity contribution in [3.8, 4) is 28.3 Å². The zero-order chi connectivity index (χ0) is 17.8. The van der Waals surface area contributed by atoms with E-state index in [-0.39, 0.29) is 5.75 Å². The van der Waals surface area contributed by atoms with E-state index in [0.29, 0.717) is 22.9 Å². The van der Waals surface area contributed by atoms with Gasteiger partial charge in [-0.25, -0.2) is 9.37 Å². The fraction of sp³-hybridized carbons (Fsp3) is 0.118. The van der Waals surface area contributed by atoms with Gasteiger partial charge in [-0.3, -0.25) is 0 Å². The first-order valence-corrected chi connectivity index (χ1v) is 7.98. The molecular weight excluding hydrogens is 347 g/mol. The summed E-state index contributed by atoms with van der Waals surface area (Å²) in [6, 6.07) is 12.0. The summed E-state index contributed by atoms with van der Waals surface area (Å²) >= 11 is 0.982. The molecule has 0 atom stereocenters. The van der Waals surface area contributed by atoms with Crippen molar-refractivity contribution in [3.63, 3.8) is 0 Å². The molecule has 2 aromatic carbocycles. The van der Waals surface area contributed by atoms with Crippen LogP contribution in [0, 0.1) is 12.7 Å². The summed E-state index contributed by atoms with van der Waals surface area (Å²) in [4.78, 5) is 9.28. The Hall–Kier alpha value is -2.39. The Balaban J connectivity index is 1.97. The molecule has 1 heterocycles. The van der Waals surface area contributed by atoms with Crippen LogP contribution < -0.4 is 10.6 Å². The normalized spacial score (nSPS) is 10.9. The Kier molecular flexibility index (Phi) is 5.34. The smallest absolute Gasteiger partial charge is 0.192 e. The Labute approximate surface area is 147 Å². The molecule has 3 aromatic rings. The summed E-state index contributed by atoms with van der Waals surface area (Å²) in [5.74, 6) is 5.49. The van der Waals surface area contributed by atoms with Crippen molar-refractivity contribution in [2.75, 3.05) is 7.11 Å². The van der Waals surface area contributed by atoms with Gasteiger partial charge in [-0.1, -0.05) is 12.1 Å². The van der Waals surface area contributed by atoms with Crippen molar-refractivity contribution in [3.05, 3.63) is 54.2 Å². The molecule has 0 spiro atoms. The lowest BCUT2D eigenvalue weighted by molar-refractivity contribution is -0.195. The SMILES string of the molecule is COc1ccc(-c2oc(C)nc2-c2ccc(SOON)cc2)cc1F. The molecule has 0 saturated carbocycles. The molecule has 0 aliphatic rings. The van der Waals surface area contributed by atoms with Crippen LogP contribution in [0.2, 0.25) is 0 Å². The lowest BCUT2D eigenvalue weighted by atomic mass is 10.1. The van der Waals surface area contributed by atoms with Crippen LogP contribution in [0.5, 0.6) is 5.75 Å². The van der Waals surface area contributed by atoms with Crippen LogP contribution in [0.4, 0.5) is 4.39 Å². The number of aromatic nitrogens is 1. The number of benzene rings is 2. The number of aryl methyl sites for hydroxylation is 1. The monoisotopic (exact) mass is 362 g/mol. The van der Waals surface area contributed by atoms with E-state index in [2.05, 4.69) is 14.3 Å². The van der Waals surface area contributed by atoms with Crippen LogP contribution >= 0.6 is 12.0 Å². The molecule has 0 aliphatic carbocycles. The van der Waals surface area contributed by atoms with Gasteiger partial charge in [0.15, 0.2) is 23.2 Å². The molecule has 0 saturated heterocycles. The Morgan fingerprint density at radius 1 is 1.12 bits per heavy atom. The second kappa shape index (κ2) is 7.66. The quantitative estimate of drug-likeness (QED) is 0.398. The minimum absolute atomic E-state index is 0.171. The van der Waals surface area contributed by atoms with Crippen molar-refractivity contribution in [2.24, 2.45) is 5.90 Å². The highest BCUT2D eigenvalue weighted by molar-refractivity contribution is 7.94. The zero-order valence-corrected chi connectivity index (χ0v) is 14.3. The predicted molar refractivity (Wildman–Crippen MR) is 90.8 cm³/mol. The van der Waals surface area contributed by atoms with E-state index in [4.69, 9.17) is 15.1 Å². The molecule has 0 unspecified atom stereocenters. The first kappa shape index (κ1) is 17.4. The Bertz CT molecular complexity index is 868. The number of oxazole rings is 1. The average molecular weight is 362 g/mol. The maximum Gasteiger partial charge on any atom is 0.192 e. The Morgan fingerprint density at radius 2 is 1.84 bits per heavy atom. The molecule has 130 valence electrons. The molecule has 6 nitrogen and oxygen atoms in total. The highest BCUT2D eigenvalue weighted by Gasteiger charge is 2.17. The third-order valence-corrected chi connectivity index (χ3v) is 4.06. The van der Waals surface area contributed by atoms with Crippen LogP contribution in [0.15, 0.2) is 51.8 Å². The van der Waals surface area contributed by atoms with E-state index in [1.807, 2.05) is 24.3 Å². The summed E-state index contributed by atoms with van der Waals surface area (Å²) in [6.45, 7) is 1.74. The van der Waals surface area contributed by atoms with E-state index in [1.54, 1.807) is 19.1 Å². The summed E-state index contributed by atoms with van der Waals surface area (Å²) < 4.78 is 29.3. The van der Waals surface area contributed by atoms with Gasteiger partial charge in [-0.05, 0) is 30.3 Å². The minimum atomic E-state index is -0.467. The van der Waals surface area contributed by atoms with E-state index >= 15 is 0 Å². The highest BCUT2D eigenvalue weighted by atomic mass is 32.2. The fourth-order valence-corrected chi connectivity index (χ4v) is 2.72. The van der Waals surface area contributed by atoms with Gasteiger partial charge in [0.05, 0.1) is 19.2 Å². The molecule has 0 radical (unpaired) electrons. The number of hydrogen-bond donors (Lipinski definition) is 1. The first-order valence-electron chi connectivity index (χ1n) is 7.24. The van der Waals surface area contributed by atoms with Crippen molar-refractivity contribution < 1.29 is 22.9 Å². The minimum Gasteiger partial charge on any atom is -0.494 e. The van der Waals surface area contributed by atoms with Gasteiger partial charge < -0.3 is 9.15 Å².